The number of nitrogens with one attached hydrogen (secondary N) is 1. The van der Waals surface area contributed by atoms with Crippen LogP contribution in [-0.4, -0.2) is 41.5 Å². The van der Waals surface area contributed by atoms with Gasteiger partial charge in [-0.2, -0.15) is 4.39 Å². The number of halogens is 2. The van der Waals surface area contributed by atoms with Gasteiger partial charge < -0.3 is 13.9 Å². The summed E-state index contributed by atoms with van der Waals surface area (Å²) in [6.07, 6.45) is -0.504. The topological polar surface area (TPSA) is 82.5 Å². The van der Waals surface area contributed by atoms with Gasteiger partial charge in [0.25, 0.3) is 5.56 Å². The van der Waals surface area contributed by atoms with E-state index in [1.807, 2.05) is 91.0 Å². The second-order valence-corrected chi connectivity index (χ2v) is 18.5. The van der Waals surface area contributed by atoms with Crippen LogP contribution in [0.1, 0.15) is 50.1 Å². The summed E-state index contributed by atoms with van der Waals surface area (Å²) in [5.41, 5.74) is -1.29. The molecule has 0 unspecified atom stereocenters. The fraction of sp³-hybridized carbons (Fsp3) is 0.371. The van der Waals surface area contributed by atoms with Crippen LogP contribution >= 0.6 is 15.9 Å². The number of hydrogen-bond donors (Lipinski definition) is 1. The lowest BCUT2D eigenvalue weighted by Gasteiger charge is -2.44. The SMILES string of the molecule is CC(C)(C)[Si](C)(C)OC[C@@]1(CBr)O[C@@H](n2cc(F)c(=O)[nH]c2=O)C[C@@H]1OC(c1ccccc1)(c1ccccc1)c1ccccc1. The molecule has 0 bridgehead atoms. The molecule has 238 valence electrons. The minimum Gasteiger partial charge on any atom is -0.414 e. The van der Waals surface area contributed by atoms with Crippen LogP contribution in [0.15, 0.2) is 107 Å². The van der Waals surface area contributed by atoms with Gasteiger partial charge in [0.05, 0.1) is 18.9 Å². The standard InChI is InChI=1S/C35H40BrFN2O5Si/c1-33(2,3)45(4,5)42-24-34(23-36)29(21-30(44-34)39-22-28(37)31(40)38-32(39)41)43-35(25-15-9-6-10-16-25,26-17-11-7-12-18-26)27-19-13-8-14-20-27/h6-20,22,29-30H,21,23-24H2,1-5H3,(H,38,40,41)/t29-,30+,34+/m0/s1. The highest BCUT2D eigenvalue weighted by Gasteiger charge is 2.55. The van der Waals surface area contributed by atoms with E-state index in [2.05, 4.69) is 54.8 Å². The van der Waals surface area contributed by atoms with Crippen molar-refractivity contribution >= 4 is 24.2 Å². The normalized spacial score (nSPS) is 20.8. The molecule has 1 aliphatic rings. The zero-order valence-corrected chi connectivity index (χ0v) is 28.8. The lowest BCUT2D eigenvalue weighted by atomic mass is 9.79. The Bertz CT molecular complexity index is 1610. The number of hydrogen-bond acceptors (Lipinski definition) is 5. The largest absolute Gasteiger partial charge is 0.414 e. The van der Waals surface area contributed by atoms with E-state index in [1.165, 1.54) is 0 Å². The minimum absolute atomic E-state index is 0.0737. The molecule has 1 aromatic heterocycles. The smallest absolute Gasteiger partial charge is 0.330 e. The van der Waals surface area contributed by atoms with Crippen molar-refractivity contribution in [1.29, 1.82) is 0 Å². The predicted octanol–water partition coefficient (Wildman–Crippen LogP) is 7.13. The van der Waals surface area contributed by atoms with Gasteiger partial charge in [-0.05, 0) is 34.8 Å². The first-order valence-corrected chi connectivity index (χ1v) is 19.1. The Morgan fingerprint density at radius 3 is 1.87 bits per heavy atom. The first-order chi connectivity index (χ1) is 21.3. The number of rotatable bonds is 10. The maximum absolute atomic E-state index is 14.5. The maximum Gasteiger partial charge on any atom is 0.330 e. The van der Waals surface area contributed by atoms with Crippen molar-refractivity contribution in [3.05, 3.63) is 141 Å². The van der Waals surface area contributed by atoms with Gasteiger partial charge in [0, 0.05) is 11.8 Å². The third-order valence-electron chi connectivity index (χ3n) is 9.18. The highest BCUT2D eigenvalue weighted by molar-refractivity contribution is 9.09. The third-order valence-corrected chi connectivity index (χ3v) is 14.6. The van der Waals surface area contributed by atoms with Gasteiger partial charge in [0.15, 0.2) is 8.32 Å². The summed E-state index contributed by atoms with van der Waals surface area (Å²) in [5, 5.41) is 0.237. The molecule has 2 heterocycles. The van der Waals surface area contributed by atoms with Crippen molar-refractivity contribution in [3.63, 3.8) is 0 Å². The summed E-state index contributed by atoms with van der Waals surface area (Å²) in [4.78, 5) is 26.9. The zero-order valence-electron chi connectivity index (χ0n) is 26.3. The van der Waals surface area contributed by atoms with E-state index in [9.17, 15) is 14.0 Å². The molecule has 0 saturated carbocycles. The molecule has 0 aliphatic carbocycles. The van der Waals surface area contributed by atoms with E-state index in [0.29, 0.717) is 5.33 Å². The minimum atomic E-state index is -2.28. The second kappa shape index (κ2) is 12.9. The van der Waals surface area contributed by atoms with Gasteiger partial charge in [0.1, 0.15) is 17.4 Å². The quantitative estimate of drug-likeness (QED) is 0.109. The van der Waals surface area contributed by atoms with Gasteiger partial charge in [-0.15, -0.1) is 0 Å². The average molecular weight is 696 g/mol. The van der Waals surface area contributed by atoms with Gasteiger partial charge in [-0.25, -0.2) is 4.79 Å². The molecule has 1 N–H and O–H groups in total. The Kier molecular flexibility index (Phi) is 9.54. The highest BCUT2D eigenvalue weighted by Crippen LogP contribution is 2.49. The molecule has 10 heteroatoms. The molecule has 1 fully saturated rings. The fourth-order valence-electron chi connectivity index (χ4n) is 5.53. The highest BCUT2D eigenvalue weighted by atomic mass is 79.9. The Labute approximate surface area is 272 Å². The average Bonchev–Trinajstić information content (AvgIpc) is 3.39. The van der Waals surface area contributed by atoms with E-state index in [1.54, 1.807) is 0 Å². The van der Waals surface area contributed by atoms with Crippen molar-refractivity contribution in [1.82, 2.24) is 9.55 Å². The van der Waals surface area contributed by atoms with Crippen LogP contribution in [0.3, 0.4) is 0 Å². The van der Waals surface area contributed by atoms with Crippen molar-refractivity contribution in [2.45, 2.75) is 68.9 Å². The lowest BCUT2D eigenvalue weighted by molar-refractivity contribution is -0.149. The molecule has 0 radical (unpaired) electrons. The molecular formula is C35H40BrFN2O5Si. The molecule has 45 heavy (non-hydrogen) atoms. The Hall–Kier alpha value is -3.15. The molecule has 3 atom stereocenters. The summed E-state index contributed by atoms with van der Waals surface area (Å²) in [5.74, 6) is -1.07. The second-order valence-electron chi connectivity index (χ2n) is 13.1. The summed E-state index contributed by atoms with van der Waals surface area (Å²) in [6.45, 7) is 11.0. The summed E-state index contributed by atoms with van der Waals surface area (Å²) >= 11 is 3.72. The molecule has 3 aromatic carbocycles. The number of aromatic amines is 1. The molecule has 5 rings (SSSR count). The number of alkyl halides is 1. The van der Waals surface area contributed by atoms with E-state index >= 15 is 0 Å². The van der Waals surface area contributed by atoms with Gasteiger partial charge in [-0.1, -0.05) is 128 Å². The van der Waals surface area contributed by atoms with Crippen LogP contribution in [0, 0.1) is 5.82 Å². The van der Waals surface area contributed by atoms with Crippen LogP contribution in [0.5, 0.6) is 0 Å². The number of ether oxygens (including phenoxy) is 2. The number of H-pyrrole nitrogens is 1. The Balaban J connectivity index is 1.70. The molecule has 4 aromatic rings. The Morgan fingerprint density at radius 1 is 0.933 bits per heavy atom. The van der Waals surface area contributed by atoms with Crippen LogP contribution in [0.25, 0.3) is 0 Å². The van der Waals surface area contributed by atoms with Crippen LogP contribution in [0.2, 0.25) is 18.1 Å². The molecule has 0 spiro atoms. The molecule has 1 saturated heterocycles. The first kappa shape index (κ1) is 33.2. The fourth-order valence-corrected chi connectivity index (χ4v) is 7.22. The summed E-state index contributed by atoms with van der Waals surface area (Å²) < 4.78 is 36.6. The van der Waals surface area contributed by atoms with Crippen LogP contribution in [0.4, 0.5) is 4.39 Å². The van der Waals surface area contributed by atoms with Crippen molar-refractivity contribution in [2.24, 2.45) is 0 Å². The van der Waals surface area contributed by atoms with E-state index < -0.39 is 48.9 Å². The van der Waals surface area contributed by atoms with E-state index in [0.717, 1.165) is 27.5 Å². The number of aromatic nitrogens is 2. The van der Waals surface area contributed by atoms with Gasteiger partial charge in [-0.3, -0.25) is 14.3 Å². The molecular weight excluding hydrogens is 655 g/mol. The zero-order chi connectivity index (χ0) is 32.5. The Morgan fingerprint density at radius 2 is 1.42 bits per heavy atom. The lowest BCUT2D eigenvalue weighted by Crippen LogP contribution is -2.54. The van der Waals surface area contributed by atoms with Crippen molar-refractivity contribution < 1.29 is 18.3 Å². The molecule has 0 amide bonds. The van der Waals surface area contributed by atoms with E-state index in [-0.39, 0.29) is 18.1 Å². The van der Waals surface area contributed by atoms with E-state index in [4.69, 9.17) is 13.9 Å². The summed E-state index contributed by atoms with van der Waals surface area (Å²) in [6, 6.07) is 30.0. The first-order valence-electron chi connectivity index (χ1n) is 15.1. The molecule has 1 aliphatic heterocycles. The predicted molar refractivity (Wildman–Crippen MR) is 180 cm³/mol. The van der Waals surface area contributed by atoms with Crippen molar-refractivity contribution in [3.8, 4) is 0 Å². The molecule has 7 nitrogen and oxygen atoms in total. The van der Waals surface area contributed by atoms with Gasteiger partial charge in [0.2, 0.25) is 5.82 Å². The van der Waals surface area contributed by atoms with Crippen LogP contribution < -0.4 is 11.2 Å². The number of benzene rings is 3. The monoisotopic (exact) mass is 694 g/mol. The third kappa shape index (κ3) is 6.44. The number of nitrogens with zero attached hydrogens (tertiary/aromatic N) is 1. The van der Waals surface area contributed by atoms with Crippen LogP contribution in [-0.2, 0) is 19.5 Å². The summed E-state index contributed by atoms with van der Waals surface area (Å²) in [7, 11) is -2.28. The maximum atomic E-state index is 14.5. The van der Waals surface area contributed by atoms with Gasteiger partial charge >= 0.3 is 5.69 Å². The van der Waals surface area contributed by atoms with Crippen molar-refractivity contribution in [2.75, 3.05) is 11.9 Å².